The molecular weight excluding hydrogens is 240 g/mol. The van der Waals surface area contributed by atoms with E-state index in [0.717, 1.165) is 31.2 Å². The zero-order valence-corrected chi connectivity index (χ0v) is 11.9. The lowest BCUT2D eigenvalue weighted by atomic mass is 9.75. The van der Waals surface area contributed by atoms with Crippen LogP contribution in [0, 0.1) is 12.8 Å². The van der Waals surface area contributed by atoms with Crippen LogP contribution in [-0.2, 0) is 4.74 Å². The van der Waals surface area contributed by atoms with Gasteiger partial charge in [-0.2, -0.15) is 0 Å². The lowest BCUT2D eigenvalue weighted by Crippen LogP contribution is -2.44. The third-order valence-electron chi connectivity index (χ3n) is 4.30. The van der Waals surface area contributed by atoms with Gasteiger partial charge >= 0.3 is 0 Å². The van der Waals surface area contributed by atoms with Crippen molar-refractivity contribution in [3.8, 4) is 0 Å². The lowest BCUT2D eigenvalue weighted by Gasteiger charge is -2.37. The number of Topliss-reactive ketones (excluding diaryl/α,β-unsaturated/α-hetero) is 1. The fourth-order valence-electron chi connectivity index (χ4n) is 2.85. The molecule has 0 saturated heterocycles. The molecule has 0 radical (unpaired) electrons. The predicted octanol–water partition coefficient (Wildman–Crippen LogP) is 2.75. The summed E-state index contributed by atoms with van der Waals surface area (Å²) in [5.41, 5.74) is 6.56. The molecule has 0 spiro atoms. The highest BCUT2D eigenvalue weighted by Gasteiger charge is 2.42. The van der Waals surface area contributed by atoms with Crippen molar-refractivity contribution in [1.29, 1.82) is 0 Å². The van der Waals surface area contributed by atoms with Crippen LogP contribution in [0.3, 0.4) is 0 Å². The zero-order valence-electron chi connectivity index (χ0n) is 11.9. The molecule has 4 heteroatoms. The van der Waals surface area contributed by atoms with Crippen molar-refractivity contribution < 1.29 is 9.53 Å². The molecule has 0 unspecified atom stereocenters. The largest absolute Gasteiger partial charge is 0.383 e. The van der Waals surface area contributed by atoms with E-state index in [1.807, 2.05) is 13.0 Å². The summed E-state index contributed by atoms with van der Waals surface area (Å²) in [7, 11) is 1.62. The number of carbonyl (C=O) groups is 1. The third-order valence-corrected chi connectivity index (χ3v) is 4.30. The van der Waals surface area contributed by atoms with E-state index in [2.05, 4.69) is 11.9 Å². The number of hydrogen-bond donors (Lipinski definition) is 1. The molecule has 0 atom stereocenters. The number of pyridine rings is 1. The summed E-state index contributed by atoms with van der Waals surface area (Å²) < 4.78 is 5.62. The van der Waals surface area contributed by atoms with Gasteiger partial charge in [0, 0.05) is 13.3 Å². The normalized spacial score (nSPS) is 27.2. The quantitative estimate of drug-likeness (QED) is 0.851. The topological polar surface area (TPSA) is 65.2 Å². The minimum atomic E-state index is -0.714. The van der Waals surface area contributed by atoms with E-state index in [9.17, 15) is 4.79 Å². The van der Waals surface area contributed by atoms with Crippen LogP contribution < -0.4 is 5.73 Å². The number of nitrogens with zero attached hydrogens (tertiary/aromatic N) is 1. The molecule has 0 aliphatic heterocycles. The van der Waals surface area contributed by atoms with Gasteiger partial charge in [0.05, 0.1) is 5.56 Å². The zero-order chi connectivity index (χ0) is 14.0. The van der Waals surface area contributed by atoms with Gasteiger partial charge in [-0.1, -0.05) is 6.92 Å². The van der Waals surface area contributed by atoms with E-state index in [0.29, 0.717) is 17.3 Å². The first-order chi connectivity index (χ1) is 9.00. The van der Waals surface area contributed by atoms with E-state index in [1.165, 1.54) is 0 Å². The van der Waals surface area contributed by atoms with Crippen LogP contribution in [0.4, 0.5) is 5.82 Å². The number of hydrogen-bond acceptors (Lipinski definition) is 4. The molecule has 2 N–H and O–H groups in total. The number of nitrogen functional groups attached to an aromatic ring is 1. The van der Waals surface area contributed by atoms with E-state index >= 15 is 0 Å². The SMILES string of the molecule is COC1(C(=O)c2c(C)ccnc2N)CCC(C)CC1. The first-order valence-electron chi connectivity index (χ1n) is 6.81. The number of methoxy groups -OCH3 is 1. The summed E-state index contributed by atoms with van der Waals surface area (Å²) in [4.78, 5) is 16.9. The van der Waals surface area contributed by atoms with Crippen molar-refractivity contribution in [1.82, 2.24) is 4.98 Å². The average molecular weight is 262 g/mol. The minimum absolute atomic E-state index is 0.00926. The van der Waals surface area contributed by atoms with E-state index in [4.69, 9.17) is 10.5 Å². The first-order valence-corrected chi connectivity index (χ1v) is 6.81. The molecule has 2 rings (SSSR count). The molecule has 0 bridgehead atoms. The number of anilines is 1. The molecule has 104 valence electrons. The maximum atomic E-state index is 12.9. The van der Waals surface area contributed by atoms with Gasteiger partial charge in [-0.3, -0.25) is 4.79 Å². The minimum Gasteiger partial charge on any atom is -0.383 e. The highest BCUT2D eigenvalue weighted by Crippen LogP contribution is 2.38. The molecule has 1 aliphatic carbocycles. The van der Waals surface area contributed by atoms with Gasteiger partial charge < -0.3 is 10.5 Å². The van der Waals surface area contributed by atoms with Crippen molar-refractivity contribution in [2.24, 2.45) is 5.92 Å². The Morgan fingerprint density at radius 3 is 2.63 bits per heavy atom. The molecule has 1 fully saturated rings. The molecule has 4 nitrogen and oxygen atoms in total. The van der Waals surface area contributed by atoms with Crippen LogP contribution in [0.5, 0.6) is 0 Å². The maximum Gasteiger partial charge on any atom is 0.198 e. The van der Waals surface area contributed by atoms with Gasteiger partial charge in [-0.15, -0.1) is 0 Å². The predicted molar refractivity (Wildman–Crippen MR) is 75.1 cm³/mol. The molecule has 1 aliphatic rings. The Labute approximate surface area is 114 Å². The molecule has 19 heavy (non-hydrogen) atoms. The van der Waals surface area contributed by atoms with Crippen LogP contribution in [0.1, 0.15) is 48.5 Å². The number of aryl methyl sites for hydroxylation is 1. The van der Waals surface area contributed by atoms with Crippen LogP contribution in [0.25, 0.3) is 0 Å². The van der Waals surface area contributed by atoms with Crippen molar-refractivity contribution in [2.75, 3.05) is 12.8 Å². The van der Waals surface area contributed by atoms with E-state index in [-0.39, 0.29) is 5.78 Å². The highest BCUT2D eigenvalue weighted by molar-refractivity contribution is 6.06. The van der Waals surface area contributed by atoms with Crippen LogP contribution in [0.2, 0.25) is 0 Å². The number of rotatable bonds is 3. The Kier molecular flexibility index (Phi) is 3.90. The van der Waals surface area contributed by atoms with Crippen LogP contribution in [0.15, 0.2) is 12.3 Å². The second-order valence-corrected chi connectivity index (χ2v) is 5.60. The van der Waals surface area contributed by atoms with Gasteiger partial charge in [0.15, 0.2) is 5.78 Å². The average Bonchev–Trinajstić information content (AvgIpc) is 2.39. The number of ketones is 1. The molecule has 1 aromatic rings. The standard InChI is InChI=1S/C15H22N2O2/c1-10-4-7-15(19-3,8-5-10)13(18)12-11(2)6-9-17-14(12)16/h6,9-10H,4-5,7-8H2,1-3H3,(H2,16,17). The Morgan fingerprint density at radius 1 is 1.47 bits per heavy atom. The van der Waals surface area contributed by atoms with Gasteiger partial charge in [-0.25, -0.2) is 4.98 Å². The summed E-state index contributed by atoms with van der Waals surface area (Å²) >= 11 is 0. The molecule has 1 heterocycles. The van der Waals surface area contributed by atoms with Crippen molar-refractivity contribution >= 4 is 11.6 Å². The van der Waals surface area contributed by atoms with Gasteiger partial charge in [0.25, 0.3) is 0 Å². The molecule has 1 saturated carbocycles. The summed E-state index contributed by atoms with van der Waals surface area (Å²) in [6, 6.07) is 1.82. The smallest absolute Gasteiger partial charge is 0.198 e. The second-order valence-electron chi connectivity index (χ2n) is 5.60. The summed E-state index contributed by atoms with van der Waals surface area (Å²) in [6.45, 7) is 4.10. The number of nitrogens with two attached hydrogens (primary N) is 1. The number of carbonyl (C=O) groups excluding carboxylic acids is 1. The Bertz CT molecular complexity index is 457. The van der Waals surface area contributed by atoms with Gasteiger partial charge in [0.1, 0.15) is 11.4 Å². The monoisotopic (exact) mass is 262 g/mol. The van der Waals surface area contributed by atoms with Crippen molar-refractivity contribution in [3.63, 3.8) is 0 Å². The maximum absolute atomic E-state index is 12.9. The Balaban J connectivity index is 2.36. The van der Waals surface area contributed by atoms with Crippen LogP contribution >= 0.6 is 0 Å². The summed E-state index contributed by atoms with van der Waals surface area (Å²) in [5, 5.41) is 0. The van der Waals surface area contributed by atoms with Gasteiger partial charge in [0.2, 0.25) is 0 Å². The van der Waals surface area contributed by atoms with E-state index in [1.54, 1.807) is 13.3 Å². The lowest BCUT2D eigenvalue weighted by molar-refractivity contribution is -0.0263. The Morgan fingerprint density at radius 2 is 2.11 bits per heavy atom. The molecule has 1 aromatic heterocycles. The Hall–Kier alpha value is -1.42. The summed E-state index contributed by atoms with van der Waals surface area (Å²) in [6.07, 6.45) is 5.18. The third kappa shape index (κ3) is 2.50. The van der Waals surface area contributed by atoms with Crippen molar-refractivity contribution in [3.05, 3.63) is 23.4 Å². The fraction of sp³-hybridized carbons (Fsp3) is 0.600. The fourth-order valence-corrected chi connectivity index (χ4v) is 2.85. The van der Waals surface area contributed by atoms with E-state index < -0.39 is 5.60 Å². The molecular formula is C15H22N2O2. The van der Waals surface area contributed by atoms with Crippen molar-refractivity contribution in [2.45, 2.75) is 45.1 Å². The highest BCUT2D eigenvalue weighted by atomic mass is 16.5. The van der Waals surface area contributed by atoms with Gasteiger partial charge in [-0.05, 0) is 50.2 Å². The molecule has 0 amide bonds. The first kappa shape index (κ1) is 14.0. The summed E-state index contributed by atoms with van der Waals surface area (Å²) in [5.74, 6) is 0.952. The molecule has 0 aromatic carbocycles. The number of aromatic nitrogens is 1. The van der Waals surface area contributed by atoms with Crippen LogP contribution in [-0.4, -0.2) is 23.5 Å². The second kappa shape index (κ2) is 5.29. The number of ether oxygens (including phenoxy) is 1.